The predicted molar refractivity (Wildman–Crippen MR) is 91.1 cm³/mol. The summed E-state index contributed by atoms with van der Waals surface area (Å²) in [6.07, 6.45) is 4.35. The van der Waals surface area contributed by atoms with Gasteiger partial charge in [-0.3, -0.25) is 15.0 Å². The number of cyclic esters (lactones) is 1. The van der Waals surface area contributed by atoms with Gasteiger partial charge in [-0.15, -0.1) is 0 Å². The normalized spacial score (nSPS) is 13.6. The van der Waals surface area contributed by atoms with E-state index in [2.05, 4.69) is 11.9 Å². The molecule has 6 nitrogen and oxygen atoms in total. The first-order chi connectivity index (χ1) is 11.5. The average Bonchev–Trinajstić information content (AvgIpc) is 2.91. The molecular weight excluding hydrogens is 306 g/mol. The summed E-state index contributed by atoms with van der Waals surface area (Å²) >= 11 is 0. The number of amidine groups is 1. The Kier molecular flexibility index (Phi) is 5.89. The number of aryl methyl sites for hydroxylation is 1. The largest absolute Gasteiger partial charge is 0.424 e. The predicted octanol–water partition coefficient (Wildman–Crippen LogP) is 2.14. The number of unbranched alkanes of at least 4 members (excludes halogenated alkanes) is 1. The van der Waals surface area contributed by atoms with Crippen molar-refractivity contribution in [2.45, 2.75) is 32.1 Å². The van der Waals surface area contributed by atoms with Crippen molar-refractivity contribution in [1.82, 2.24) is 5.32 Å². The molecule has 1 aromatic carbocycles. The standard InChI is InChI=1S/C18H21N3O3/c1-2-15-14(11-17(23)24-15)21-16(22)6-4-3-5-12-7-9-13(10-8-12)18(19)20/h2,7-10H,1,3-6,11H2,(H3,19,20)(H,21,22). The summed E-state index contributed by atoms with van der Waals surface area (Å²) in [5.74, 6) is -0.122. The molecule has 24 heavy (non-hydrogen) atoms. The number of nitrogens with one attached hydrogen (secondary N) is 2. The van der Waals surface area contributed by atoms with Crippen molar-refractivity contribution >= 4 is 17.7 Å². The van der Waals surface area contributed by atoms with Crippen LogP contribution >= 0.6 is 0 Å². The van der Waals surface area contributed by atoms with Gasteiger partial charge in [-0.2, -0.15) is 0 Å². The van der Waals surface area contributed by atoms with Crippen LogP contribution in [0.1, 0.15) is 36.8 Å². The fourth-order valence-corrected chi connectivity index (χ4v) is 2.42. The fourth-order valence-electron chi connectivity index (χ4n) is 2.42. The molecule has 1 aliphatic rings. The van der Waals surface area contributed by atoms with Gasteiger partial charge < -0.3 is 15.8 Å². The van der Waals surface area contributed by atoms with Gasteiger partial charge in [0.15, 0.2) is 0 Å². The van der Waals surface area contributed by atoms with Crippen molar-refractivity contribution < 1.29 is 14.3 Å². The highest BCUT2D eigenvalue weighted by Gasteiger charge is 2.22. The quantitative estimate of drug-likeness (QED) is 0.294. The van der Waals surface area contributed by atoms with E-state index < -0.39 is 0 Å². The summed E-state index contributed by atoms with van der Waals surface area (Å²) in [5, 5.41) is 10.1. The Morgan fingerprint density at radius 1 is 1.33 bits per heavy atom. The Morgan fingerprint density at radius 3 is 2.67 bits per heavy atom. The number of ether oxygens (including phenoxy) is 1. The Bertz CT molecular complexity index is 690. The molecule has 0 aromatic heterocycles. The third-order valence-electron chi connectivity index (χ3n) is 3.70. The first kappa shape index (κ1) is 17.5. The summed E-state index contributed by atoms with van der Waals surface area (Å²) in [4.78, 5) is 23.1. The minimum atomic E-state index is -0.380. The molecule has 6 heteroatoms. The van der Waals surface area contributed by atoms with E-state index >= 15 is 0 Å². The van der Waals surface area contributed by atoms with Gasteiger partial charge in [0.25, 0.3) is 0 Å². The number of hydrogen-bond donors (Lipinski definition) is 3. The number of nitrogens with two attached hydrogens (primary N) is 1. The molecule has 4 N–H and O–H groups in total. The number of hydrogen-bond acceptors (Lipinski definition) is 4. The lowest BCUT2D eigenvalue weighted by molar-refractivity contribution is -0.136. The third kappa shape index (κ3) is 4.81. The molecule has 126 valence electrons. The highest BCUT2D eigenvalue weighted by atomic mass is 16.5. The zero-order valence-electron chi connectivity index (χ0n) is 13.4. The van der Waals surface area contributed by atoms with E-state index in [-0.39, 0.29) is 24.1 Å². The molecule has 0 aliphatic carbocycles. The molecule has 2 rings (SSSR count). The molecule has 1 aliphatic heterocycles. The molecule has 0 unspecified atom stereocenters. The van der Waals surface area contributed by atoms with Gasteiger partial charge in [-0.05, 0) is 30.9 Å². The Hall–Kier alpha value is -2.89. The summed E-state index contributed by atoms with van der Waals surface area (Å²) < 4.78 is 4.92. The van der Waals surface area contributed by atoms with Gasteiger partial charge in [0.2, 0.25) is 5.91 Å². The van der Waals surface area contributed by atoms with Crippen molar-refractivity contribution in [2.24, 2.45) is 5.73 Å². The summed E-state index contributed by atoms with van der Waals surface area (Å²) in [7, 11) is 0. The van der Waals surface area contributed by atoms with E-state index in [4.69, 9.17) is 15.9 Å². The monoisotopic (exact) mass is 327 g/mol. The van der Waals surface area contributed by atoms with Crippen LogP contribution in [0.15, 0.2) is 48.4 Å². The fraction of sp³-hybridized carbons (Fsp3) is 0.278. The van der Waals surface area contributed by atoms with Gasteiger partial charge >= 0.3 is 5.97 Å². The van der Waals surface area contributed by atoms with Crippen molar-refractivity contribution in [3.05, 3.63) is 59.5 Å². The zero-order valence-corrected chi connectivity index (χ0v) is 13.4. The molecule has 0 saturated heterocycles. The molecule has 0 spiro atoms. The summed E-state index contributed by atoms with van der Waals surface area (Å²) in [6.45, 7) is 3.55. The van der Waals surface area contributed by atoms with Crippen LogP contribution in [0, 0.1) is 5.41 Å². The molecule has 0 saturated carbocycles. The van der Waals surface area contributed by atoms with Crippen LogP contribution in [-0.4, -0.2) is 17.7 Å². The molecule has 1 amide bonds. The minimum absolute atomic E-state index is 0.0563. The van der Waals surface area contributed by atoms with Crippen LogP contribution in [0.2, 0.25) is 0 Å². The van der Waals surface area contributed by atoms with Crippen LogP contribution < -0.4 is 11.1 Å². The lowest BCUT2D eigenvalue weighted by Gasteiger charge is -2.06. The van der Waals surface area contributed by atoms with E-state index in [1.165, 1.54) is 6.08 Å². The Morgan fingerprint density at radius 2 is 2.04 bits per heavy atom. The number of esters is 1. The van der Waals surface area contributed by atoms with E-state index in [0.29, 0.717) is 23.4 Å². The van der Waals surface area contributed by atoms with Crippen molar-refractivity contribution in [1.29, 1.82) is 5.41 Å². The first-order valence-corrected chi connectivity index (χ1v) is 7.79. The van der Waals surface area contributed by atoms with E-state index in [9.17, 15) is 9.59 Å². The van der Waals surface area contributed by atoms with Crippen LogP contribution in [0.3, 0.4) is 0 Å². The lowest BCUT2D eigenvalue weighted by atomic mass is 10.0. The highest BCUT2D eigenvalue weighted by Crippen LogP contribution is 2.19. The second-order valence-electron chi connectivity index (χ2n) is 5.56. The van der Waals surface area contributed by atoms with Crippen molar-refractivity contribution in [3.63, 3.8) is 0 Å². The smallest absolute Gasteiger partial charge is 0.317 e. The van der Waals surface area contributed by atoms with E-state index in [0.717, 1.165) is 24.8 Å². The topological polar surface area (TPSA) is 105 Å². The van der Waals surface area contributed by atoms with Gasteiger partial charge in [0, 0.05) is 12.0 Å². The van der Waals surface area contributed by atoms with Crippen molar-refractivity contribution in [3.8, 4) is 0 Å². The van der Waals surface area contributed by atoms with Crippen LogP contribution in [0.25, 0.3) is 0 Å². The number of carbonyl (C=O) groups excluding carboxylic acids is 2. The maximum Gasteiger partial charge on any atom is 0.317 e. The molecular formula is C18H21N3O3. The summed E-state index contributed by atoms with van der Waals surface area (Å²) in [6, 6.07) is 7.54. The molecule has 0 bridgehead atoms. The SMILES string of the molecule is C=CC1=C(NC(=O)CCCCc2ccc(C(=N)N)cc2)CC(=O)O1. The number of amides is 1. The molecule has 1 aromatic rings. The average molecular weight is 327 g/mol. The van der Waals surface area contributed by atoms with Crippen LogP contribution in [0.4, 0.5) is 0 Å². The van der Waals surface area contributed by atoms with E-state index in [1.54, 1.807) is 0 Å². The molecule has 0 radical (unpaired) electrons. The molecule has 1 heterocycles. The van der Waals surface area contributed by atoms with Crippen LogP contribution in [-0.2, 0) is 20.7 Å². The van der Waals surface area contributed by atoms with E-state index in [1.807, 2.05) is 24.3 Å². The van der Waals surface area contributed by atoms with Crippen LogP contribution in [0.5, 0.6) is 0 Å². The lowest BCUT2D eigenvalue weighted by Crippen LogP contribution is -2.22. The highest BCUT2D eigenvalue weighted by molar-refractivity contribution is 5.94. The van der Waals surface area contributed by atoms with Crippen molar-refractivity contribution in [2.75, 3.05) is 0 Å². The zero-order chi connectivity index (χ0) is 17.5. The van der Waals surface area contributed by atoms with Gasteiger partial charge in [0.05, 0.1) is 12.1 Å². The number of benzene rings is 1. The molecule has 0 atom stereocenters. The van der Waals surface area contributed by atoms with Gasteiger partial charge in [0.1, 0.15) is 11.6 Å². The summed E-state index contributed by atoms with van der Waals surface area (Å²) in [5.41, 5.74) is 7.75. The second-order valence-corrected chi connectivity index (χ2v) is 5.56. The minimum Gasteiger partial charge on any atom is -0.424 e. The number of carbonyl (C=O) groups is 2. The molecule has 0 fully saturated rings. The third-order valence-corrected chi connectivity index (χ3v) is 3.70. The number of allylic oxidation sites excluding steroid dienone is 1. The number of nitrogen functional groups attached to an aromatic ring is 1. The Labute approximate surface area is 140 Å². The number of rotatable bonds is 8. The first-order valence-electron chi connectivity index (χ1n) is 7.79. The maximum absolute atomic E-state index is 11.9. The second kappa shape index (κ2) is 8.10. The Balaban J connectivity index is 1.72. The maximum atomic E-state index is 11.9. The van der Waals surface area contributed by atoms with Gasteiger partial charge in [-0.25, -0.2) is 0 Å². The van der Waals surface area contributed by atoms with Gasteiger partial charge in [-0.1, -0.05) is 30.8 Å².